The number of nitrogens with zero attached hydrogens (tertiary/aromatic N) is 1. The zero-order chi connectivity index (χ0) is 11.6. The number of nitrogens with one attached hydrogen (secondary N) is 1. The Balaban J connectivity index is 1.66. The first-order chi connectivity index (χ1) is 7.62. The highest BCUT2D eigenvalue weighted by Crippen LogP contribution is 2.61. The third kappa shape index (κ3) is 3.13. The van der Waals surface area contributed by atoms with Crippen LogP contribution in [0.3, 0.4) is 0 Å². The summed E-state index contributed by atoms with van der Waals surface area (Å²) >= 11 is 0. The Bertz CT molecular complexity index is 262. The predicted molar refractivity (Wildman–Crippen MR) is 68.3 cm³/mol. The van der Waals surface area contributed by atoms with Crippen LogP contribution in [0.4, 0.5) is 0 Å². The van der Waals surface area contributed by atoms with E-state index in [1.165, 1.54) is 25.7 Å². The fourth-order valence-electron chi connectivity index (χ4n) is 2.34. The van der Waals surface area contributed by atoms with Crippen molar-refractivity contribution in [3.05, 3.63) is 0 Å². The average Bonchev–Trinajstić information content (AvgIpc) is 3.06. The van der Waals surface area contributed by atoms with Gasteiger partial charge in [0.1, 0.15) is 0 Å². The largest absolute Gasteiger partial charge is 0.370 e. The summed E-state index contributed by atoms with van der Waals surface area (Å²) < 4.78 is 0. The van der Waals surface area contributed by atoms with Crippen LogP contribution in [-0.2, 0) is 0 Å². The molecule has 0 atom stereocenters. The van der Waals surface area contributed by atoms with E-state index in [-0.39, 0.29) is 0 Å². The van der Waals surface area contributed by atoms with Crippen molar-refractivity contribution >= 4 is 5.96 Å². The molecule has 0 aromatic rings. The predicted octanol–water partition coefficient (Wildman–Crippen LogP) is 2.13. The van der Waals surface area contributed by atoms with Crippen molar-refractivity contribution in [1.29, 1.82) is 0 Å². The summed E-state index contributed by atoms with van der Waals surface area (Å²) in [5.74, 6) is 2.34. The molecule has 0 aromatic carbocycles. The highest BCUT2D eigenvalue weighted by atomic mass is 15.1. The van der Waals surface area contributed by atoms with Gasteiger partial charge in [-0.25, -0.2) is 0 Å². The molecule has 3 heteroatoms. The van der Waals surface area contributed by atoms with Crippen molar-refractivity contribution < 1.29 is 0 Å². The lowest BCUT2D eigenvalue weighted by molar-refractivity contribution is 0.453. The Morgan fingerprint density at radius 1 is 1.44 bits per heavy atom. The molecule has 0 bridgehead atoms. The molecule has 0 heterocycles. The van der Waals surface area contributed by atoms with Crippen molar-refractivity contribution in [2.75, 3.05) is 13.1 Å². The van der Waals surface area contributed by atoms with Crippen molar-refractivity contribution in [2.24, 2.45) is 28.0 Å². The molecule has 3 N–H and O–H groups in total. The van der Waals surface area contributed by atoms with Crippen LogP contribution < -0.4 is 11.1 Å². The van der Waals surface area contributed by atoms with Crippen molar-refractivity contribution in [2.45, 2.75) is 46.0 Å². The van der Waals surface area contributed by atoms with E-state index < -0.39 is 0 Å². The Morgan fingerprint density at radius 2 is 2.12 bits per heavy atom. The van der Waals surface area contributed by atoms with Gasteiger partial charge in [0.25, 0.3) is 0 Å². The van der Waals surface area contributed by atoms with Gasteiger partial charge in [-0.15, -0.1) is 0 Å². The molecule has 0 aromatic heterocycles. The number of guanidine groups is 1. The van der Waals surface area contributed by atoms with E-state index in [2.05, 4.69) is 24.2 Å². The molecule has 92 valence electrons. The van der Waals surface area contributed by atoms with Gasteiger partial charge in [-0.2, -0.15) is 0 Å². The topological polar surface area (TPSA) is 50.4 Å². The number of aliphatic imine (C=N–C) groups is 1. The molecule has 0 spiro atoms. The maximum atomic E-state index is 5.85. The molecule has 2 aliphatic rings. The van der Waals surface area contributed by atoms with Gasteiger partial charge in [0, 0.05) is 13.1 Å². The maximum Gasteiger partial charge on any atom is 0.188 e. The van der Waals surface area contributed by atoms with Crippen LogP contribution in [0.25, 0.3) is 0 Å². The van der Waals surface area contributed by atoms with E-state index >= 15 is 0 Å². The first-order valence-electron chi connectivity index (χ1n) is 6.66. The Morgan fingerprint density at radius 3 is 2.62 bits per heavy atom. The Kier molecular flexibility index (Phi) is 3.41. The SMILES string of the molecule is CC(C)CCNC(N)=NCC1(C2CC2)CC1. The van der Waals surface area contributed by atoms with E-state index in [4.69, 9.17) is 5.73 Å². The maximum absolute atomic E-state index is 5.85. The van der Waals surface area contributed by atoms with E-state index in [1.807, 2.05) is 0 Å². The minimum absolute atomic E-state index is 0.574. The average molecular weight is 223 g/mol. The van der Waals surface area contributed by atoms with Gasteiger partial charge in [-0.3, -0.25) is 4.99 Å². The molecule has 0 radical (unpaired) electrons. The monoisotopic (exact) mass is 223 g/mol. The van der Waals surface area contributed by atoms with E-state index in [0.29, 0.717) is 11.4 Å². The van der Waals surface area contributed by atoms with Gasteiger partial charge in [-0.05, 0) is 49.4 Å². The minimum Gasteiger partial charge on any atom is -0.370 e. The Hall–Kier alpha value is -0.730. The van der Waals surface area contributed by atoms with Crippen molar-refractivity contribution in [3.63, 3.8) is 0 Å². The molecule has 0 aliphatic heterocycles. The molecular weight excluding hydrogens is 198 g/mol. The highest BCUT2D eigenvalue weighted by molar-refractivity contribution is 5.77. The van der Waals surface area contributed by atoms with Gasteiger partial charge in [0.2, 0.25) is 0 Å². The summed E-state index contributed by atoms with van der Waals surface area (Å²) in [6.07, 6.45) is 6.76. The first kappa shape index (κ1) is 11.7. The summed E-state index contributed by atoms with van der Waals surface area (Å²) in [5.41, 5.74) is 6.43. The second kappa shape index (κ2) is 4.64. The van der Waals surface area contributed by atoms with Crippen LogP contribution >= 0.6 is 0 Å². The van der Waals surface area contributed by atoms with E-state index in [0.717, 1.165) is 31.3 Å². The van der Waals surface area contributed by atoms with Crippen LogP contribution in [0, 0.1) is 17.3 Å². The lowest BCUT2D eigenvalue weighted by atomic mass is 10.0. The van der Waals surface area contributed by atoms with Gasteiger partial charge in [0.15, 0.2) is 5.96 Å². The van der Waals surface area contributed by atoms with Crippen molar-refractivity contribution in [1.82, 2.24) is 5.32 Å². The third-order valence-corrected chi connectivity index (χ3v) is 3.93. The van der Waals surface area contributed by atoms with Crippen LogP contribution in [0.2, 0.25) is 0 Å². The smallest absolute Gasteiger partial charge is 0.188 e. The second-order valence-electron chi connectivity index (χ2n) is 5.95. The fourth-order valence-corrected chi connectivity index (χ4v) is 2.34. The molecule has 0 saturated heterocycles. The second-order valence-corrected chi connectivity index (χ2v) is 5.95. The number of nitrogens with two attached hydrogens (primary N) is 1. The first-order valence-corrected chi connectivity index (χ1v) is 6.66. The fraction of sp³-hybridized carbons (Fsp3) is 0.923. The quantitative estimate of drug-likeness (QED) is 0.535. The highest BCUT2D eigenvalue weighted by Gasteiger charge is 2.53. The zero-order valence-corrected chi connectivity index (χ0v) is 10.6. The summed E-state index contributed by atoms with van der Waals surface area (Å²) in [5, 5.41) is 3.20. The summed E-state index contributed by atoms with van der Waals surface area (Å²) in [7, 11) is 0. The normalized spacial score (nSPS) is 23.6. The number of hydrogen-bond donors (Lipinski definition) is 2. The van der Waals surface area contributed by atoms with Gasteiger partial charge in [0.05, 0.1) is 0 Å². The van der Waals surface area contributed by atoms with Crippen LogP contribution in [0.5, 0.6) is 0 Å². The molecular formula is C13H25N3. The van der Waals surface area contributed by atoms with Crippen molar-refractivity contribution in [3.8, 4) is 0 Å². The zero-order valence-electron chi connectivity index (χ0n) is 10.6. The molecule has 0 unspecified atom stereocenters. The summed E-state index contributed by atoms with van der Waals surface area (Å²) in [6.45, 7) is 6.35. The molecule has 2 rings (SSSR count). The Labute approximate surface area is 98.9 Å². The van der Waals surface area contributed by atoms with Gasteiger partial charge < -0.3 is 11.1 Å². The van der Waals surface area contributed by atoms with Crippen LogP contribution in [0.1, 0.15) is 46.0 Å². The lowest BCUT2D eigenvalue weighted by Crippen LogP contribution is -2.33. The molecule has 16 heavy (non-hydrogen) atoms. The molecule has 2 aliphatic carbocycles. The summed E-state index contributed by atoms with van der Waals surface area (Å²) in [4.78, 5) is 4.50. The minimum atomic E-state index is 0.574. The molecule has 2 fully saturated rings. The van der Waals surface area contributed by atoms with Crippen LogP contribution in [-0.4, -0.2) is 19.0 Å². The lowest BCUT2D eigenvalue weighted by Gasteiger charge is -2.12. The van der Waals surface area contributed by atoms with Crippen LogP contribution in [0.15, 0.2) is 4.99 Å². The van der Waals surface area contributed by atoms with Gasteiger partial charge >= 0.3 is 0 Å². The summed E-state index contributed by atoms with van der Waals surface area (Å²) in [6, 6.07) is 0. The number of hydrogen-bond acceptors (Lipinski definition) is 1. The third-order valence-electron chi connectivity index (χ3n) is 3.93. The van der Waals surface area contributed by atoms with E-state index in [9.17, 15) is 0 Å². The number of rotatable bonds is 6. The van der Waals surface area contributed by atoms with Gasteiger partial charge in [-0.1, -0.05) is 13.8 Å². The van der Waals surface area contributed by atoms with E-state index in [1.54, 1.807) is 0 Å². The standard InChI is InChI=1S/C13H25N3/c1-10(2)5-8-15-12(14)16-9-13(6-7-13)11-3-4-11/h10-11H,3-9H2,1-2H3,(H3,14,15,16). The molecule has 2 saturated carbocycles. The molecule has 3 nitrogen and oxygen atoms in total. The molecule has 0 amide bonds.